The Hall–Kier alpha value is -2.82. The van der Waals surface area contributed by atoms with E-state index in [4.69, 9.17) is 9.72 Å². The van der Waals surface area contributed by atoms with Gasteiger partial charge in [0.25, 0.3) is 0 Å². The normalized spacial score (nSPS) is 11.0. The molecule has 3 aromatic rings. The molecule has 0 aliphatic carbocycles. The third-order valence-corrected chi connectivity index (χ3v) is 5.03. The Labute approximate surface area is 173 Å². The zero-order chi connectivity index (χ0) is 20.6. The Balaban J connectivity index is 1.59. The van der Waals surface area contributed by atoms with Crippen molar-refractivity contribution in [1.82, 2.24) is 14.9 Å². The highest BCUT2D eigenvalue weighted by Gasteiger charge is 2.11. The van der Waals surface area contributed by atoms with Crippen LogP contribution in [0.25, 0.3) is 11.0 Å². The molecule has 0 radical (unpaired) electrons. The van der Waals surface area contributed by atoms with Gasteiger partial charge < -0.3 is 14.6 Å². The molecule has 1 amide bonds. The van der Waals surface area contributed by atoms with E-state index in [9.17, 15) is 4.79 Å². The van der Waals surface area contributed by atoms with E-state index >= 15 is 0 Å². The number of aryl methyl sites for hydroxylation is 3. The van der Waals surface area contributed by atoms with Crippen LogP contribution in [0, 0.1) is 13.8 Å². The maximum Gasteiger partial charge on any atom is 0.220 e. The second-order valence-corrected chi connectivity index (χ2v) is 7.52. The van der Waals surface area contributed by atoms with E-state index in [1.54, 1.807) is 0 Å². The number of amides is 1. The highest BCUT2D eigenvalue weighted by molar-refractivity contribution is 5.77. The number of unbranched alkanes of at least 4 members (excludes halogenated alkanes) is 1. The Morgan fingerprint density at radius 2 is 1.97 bits per heavy atom. The fraction of sp³-hybridized carbons (Fsp3) is 0.417. The highest BCUT2D eigenvalue weighted by Crippen LogP contribution is 2.20. The van der Waals surface area contributed by atoms with Gasteiger partial charge >= 0.3 is 0 Å². The maximum atomic E-state index is 11.9. The van der Waals surface area contributed by atoms with Gasteiger partial charge in [-0.15, -0.1) is 0 Å². The SMILES string of the molecule is CCCC(=O)NCc1nc2ccccc2n1CCCCOc1cc(C)ccc1C. The summed E-state index contributed by atoms with van der Waals surface area (Å²) in [4.78, 5) is 16.6. The number of aromatic nitrogens is 2. The van der Waals surface area contributed by atoms with Gasteiger partial charge in [-0.05, 0) is 62.4 Å². The van der Waals surface area contributed by atoms with Crippen LogP contribution in [0.5, 0.6) is 5.75 Å². The molecule has 0 saturated heterocycles. The molecule has 29 heavy (non-hydrogen) atoms. The van der Waals surface area contributed by atoms with Crippen LogP contribution in [-0.4, -0.2) is 22.1 Å². The first-order valence-corrected chi connectivity index (χ1v) is 10.5. The number of hydrogen-bond acceptors (Lipinski definition) is 3. The number of ether oxygens (including phenoxy) is 1. The number of para-hydroxylation sites is 2. The third kappa shape index (κ3) is 5.59. The monoisotopic (exact) mass is 393 g/mol. The van der Waals surface area contributed by atoms with Crippen molar-refractivity contribution in [2.24, 2.45) is 0 Å². The molecule has 5 heteroatoms. The summed E-state index contributed by atoms with van der Waals surface area (Å²) in [5, 5.41) is 2.99. The van der Waals surface area contributed by atoms with E-state index in [1.807, 2.05) is 25.1 Å². The summed E-state index contributed by atoms with van der Waals surface area (Å²) in [6.45, 7) is 8.18. The molecule has 0 unspecified atom stereocenters. The van der Waals surface area contributed by atoms with Gasteiger partial charge in [0.2, 0.25) is 5.91 Å². The van der Waals surface area contributed by atoms with Gasteiger partial charge in [0.15, 0.2) is 0 Å². The van der Waals surface area contributed by atoms with Crippen molar-refractivity contribution in [1.29, 1.82) is 0 Å². The lowest BCUT2D eigenvalue weighted by Crippen LogP contribution is -2.24. The molecule has 5 nitrogen and oxygen atoms in total. The quantitative estimate of drug-likeness (QED) is 0.497. The van der Waals surface area contributed by atoms with Crippen molar-refractivity contribution in [2.75, 3.05) is 6.61 Å². The number of hydrogen-bond donors (Lipinski definition) is 1. The minimum atomic E-state index is 0.0769. The summed E-state index contributed by atoms with van der Waals surface area (Å²) in [6, 6.07) is 14.4. The first-order valence-electron chi connectivity index (χ1n) is 10.5. The number of carbonyl (C=O) groups is 1. The number of fused-ring (bicyclic) bond motifs is 1. The van der Waals surface area contributed by atoms with Gasteiger partial charge in [-0.3, -0.25) is 4.79 Å². The van der Waals surface area contributed by atoms with Crippen molar-refractivity contribution in [3.05, 3.63) is 59.4 Å². The molecular weight excluding hydrogens is 362 g/mol. The zero-order valence-electron chi connectivity index (χ0n) is 17.7. The van der Waals surface area contributed by atoms with Gasteiger partial charge in [0, 0.05) is 13.0 Å². The summed E-state index contributed by atoms with van der Waals surface area (Å²) >= 11 is 0. The van der Waals surface area contributed by atoms with Crippen LogP contribution in [0.3, 0.4) is 0 Å². The molecular formula is C24H31N3O2. The second kappa shape index (κ2) is 10.1. The summed E-state index contributed by atoms with van der Waals surface area (Å²) in [5.74, 6) is 1.96. The smallest absolute Gasteiger partial charge is 0.220 e. The lowest BCUT2D eigenvalue weighted by Gasteiger charge is -2.12. The average molecular weight is 394 g/mol. The van der Waals surface area contributed by atoms with Crippen LogP contribution < -0.4 is 10.1 Å². The molecule has 1 N–H and O–H groups in total. The number of nitrogens with zero attached hydrogens (tertiary/aromatic N) is 2. The van der Waals surface area contributed by atoms with E-state index in [1.165, 1.54) is 11.1 Å². The van der Waals surface area contributed by atoms with Crippen LogP contribution in [0.15, 0.2) is 42.5 Å². The topological polar surface area (TPSA) is 56.2 Å². The number of imidazole rings is 1. The van der Waals surface area contributed by atoms with Gasteiger partial charge in [-0.2, -0.15) is 0 Å². The van der Waals surface area contributed by atoms with Crippen molar-refractivity contribution < 1.29 is 9.53 Å². The Morgan fingerprint density at radius 3 is 2.79 bits per heavy atom. The van der Waals surface area contributed by atoms with Crippen molar-refractivity contribution in [2.45, 2.75) is 59.5 Å². The molecule has 1 heterocycles. The molecule has 0 atom stereocenters. The molecule has 2 aromatic carbocycles. The van der Waals surface area contributed by atoms with Crippen molar-refractivity contribution in [3.8, 4) is 5.75 Å². The van der Waals surface area contributed by atoms with Crippen LogP contribution in [-0.2, 0) is 17.9 Å². The molecule has 154 valence electrons. The van der Waals surface area contributed by atoms with Gasteiger partial charge in [0.1, 0.15) is 11.6 Å². The second-order valence-electron chi connectivity index (χ2n) is 7.52. The van der Waals surface area contributed by atoms with Crippen molar-refractivity contribution in [3.63, 3.8) is 0 Å². The van der Waals surface area contributed by atoms with E-state index < -0.39 is 0 Å². The van der Waals surface area contributed by atoms with E-state index in [-0.39, 0.29) is 5.91 Å². The molecule has 0 fully saturated rings. The summed E-state index contributed by atoms with van der Waals surface area (Å²) < 4.78 is 8.20. The minimum Gasteiger partial charge on any atom is -0.493 e. The van der Waals surface area contributed by atoms with Crippen LogP contribution in [0.1, 0.15) is 49.6 Å². The fourth-order valence-corrected chi connectivity index (χ4v) is 3.42. The van der Waals surface area contributed by atoms with Gasteiger partial charge in [0.05, 0.1) is 24.2 Å². The molecule has 3 rings (SSSR count). The van der Waals surface area contributed by atoms with Gasteiger partial charge in [-0.25, -0.2) is 4.98 Å². The third-order valence-electron chi connectivity index (χ3n) is 5.03. The predicted octanol–water partition coefficient (Wildman–Crippen LogP) is 4.93. The minimum absolute atomic E-state index is 0.0769. The largest absolute Gasteiger partial charge is 0.493 e. The molecule has 0 spiro atoms. The fourth-order valence-electron chi connectivity index (χ4n) is 3.42. The number of carbonyl (C=O) groups excluding carboxylic acids is 1. The molecule has 0 aliphatic heterocycles. The Bertz CT molecular complexity index is 962. The Morgan fingerprint density at radius 1 is 1.14 bits per heavy atom. The molecule has 1 aromatic heterocycles. The maximum absolute atomic E-state index is 11.9. The highest BCUT2D eigenvalue weighted by atomic mass is 16.5. The summed E-state index contributed by atoms with van der Waals surface area (Å²) in [5.41, 5.74) is 4.47. The van der Waals surface area contributed by atoms with Crippen LogP contribution in [0.2, 0.25) is 0 Å². The van der Waals surface area contributed by atoms with Gasteiger partial charge in [-0.1, -0.05) is 31.2 Å². The van der Waals surface area contributed by atoms with E-state index in [0.29, 0.717) is 19.6 Å². The number of benzene rings is 2. The molecule has 0 bridgehead atoms. The summed E-state index contributed by atoms with van der Waals surface area (Å²) in [6.07, 6.45) is 3.35. The first kappa shape index (κ1) is 20.9. The van der Waals surface area contributed by atoms with Crippen molar-refractivity contribution >= 4 is 16.9 Å². The van der Waals surface area contributed by atoms with E-state index in [2.05, 4.69) is 48.0 Å². The summed E-state index contributed by atoms with van der Waals surface area (Å²) in [7, 11) is 0. The van der Waals surface area contributed by atoms with E-state index in [0.717, 1.165) is 48.4 Å². The first-order chi connectivity index (χ1) is 14.1. The Kier molecular flexibility index (Phi) is 7.28. The lowest BCUT2D eigenvalue weighted by molar-refractivity contribution is -0.121. The predicted molar refractivity (Wildman–Crippen MR) is 117 cm³/mol. The van der Waals surface area contributed by atoms with Crippen LogP contribution >= 0.6 is 0 Å². The number of rotatable bonds is 10. The lowest BCUT2D eigenvalue weighted by atomic mass is 10.1. The van der Waals surface area contributed by atoms with Crippen LogP contribution in [0.4, 0.5) is 0 Å². The molecule has 0 saturated carbocycles. The zero-order valence-corrected chi connectivity index (χ0v) is 17.7. The average Bonchev–Trinajstić information content (AvgIpc) is 3.06. The number of nitrogens with one attached hydrogen (secondary N) is 1. The standard InChI is InChI=1S/C24H31N3O2/c1-4-9-24(28)25-17-23-26-20-10-5-6-11-21(20)27(23)14-7-8-15-29-22-16-18(2)12-13-19(22)3/h5-6,10-13,16H,4,7-9,14-15,17H2,1-3H3,(H,25,28). The molecule has 0 aliphatic rings.